The third-order valence-electron chi connectivity index (χ3n) is 5.90. The van der Waals surface area contributed by atoms with Crippen molar-refractivity contribution in [3.63, 3.8) is 0 Å². The Morgan fingerprint density at radius 3 is 2.48 bits per heavy atom. The zero-order chi connectivity index (χ0) is 18.6. The van der Waals surface area contributed by atoms with Crippen LogP contribution >= 0.6 is 0 Å². The number of hydrogen-bond acceptors (Lipinski definition) is 2. The fourth-order valence-electron chi connectivity index (χ4n) is 3.56. The average molecular weight is 367 g/mol. The van der Waals surface area contributed by atoms with Crippen LogP contribution in [0.15, 0.2) is 24.5 Å². The number of fused-ring (bicyclic) bond motifs is 1. The smallest absolute Gasteiger partial charge is 0.265 e. The van der Waals surface area contributed by atoms with Gasteiger partial charge in [0, 0.05) is 11.6 Å². The van der Waals surface area contributed by atoms with Gasteiger partial charge in [0.05, 0.1) is 23.0 Å². The van der Waals surface area contributed by atoms with E-state index < -0.39 is 14.7 Å². The van der Waals surface area contributed by atoms with Gasteiger partial charge >= 0.3 is 0 Å². The number of rotatable bonds is 4. The van der Waals surface area contributed by atoms with E-state index in [1.54, 1.807) is 18.5 Å². The molecule has 1 aromatic heterocycles. The Morgan fingerprint density at radius 1 is 1.28 bits per heavy atom. The molecule has 6 heteroatoms. The monoisotopic (exact) mass is 366 g/mol. The molecule has 0 spiro atoms. The third-order valence-corrected chi connectivity index (χ3v) is 10.5. The Labute approximate surface area is 149 Å². The van der Waals surface area contributed by atoms with Gasteiger partial charge < -0.3 is 8.99 Å². The van der Waals surface area contributed by atoms with Crippen molar-refractivity contribution in [2.45, 2.75) is 76.7 Å². The molecule has 25 heavy (non-hydrogen) atoms. The second-order valence-electron chi connectivity index (χ2n) is 9.04. The molecule has 0 amide bonds. The van der Waals surface area contributed by atoms with Crippen molar-refractivity contribution in [3.05, 3.63) is 30.1 Å². The van der Waals surface area contributed by atoms with Gasteiger partial charge in [0.1, 0.15) is 0 Å². The molecule has 2 aromatic rings. The highest BCUT2D eigenvalue weighted by atomic mass is 28.4. The van der Waals surface area contributed by atoms with E-state index in [9.17, 15) is 8.78 Å². The molecule has 3 nitrogen and oxygen atoms in total. The molecular weight excluding hydrogens is 338 g/mol. The Kier molecular flexibility index (Phi) is 4.35. The fraction of sp³-hybridized carbons (Fsp3) is 0.632. The normalized spacial score (nSPS) is 24.8. The van der Waals surface area contributed by atoms with E-state index >= 15 is 0 Å². The average Bonchev–Trinajstić information content (AvgIpc) is 2.86. The summed E-state index contributed by atoms with van der Waals surface area (Å²) in [6, 6.07) is 5.10. The number of alkyl halides is 2. The maximum Gasteiger partial charge on any atom is 0.265 e. The fourth-order valence-corrected chi connectivity index (χ4v) is 5.26. The first-order chi connectivity index (χ1) is 11.4. The molecule has 1 aliphatic carbocycles. The van der Waals surface area contributed by atoms with Crippen molar-refractivity contribution in [3.8, 4) is 0 Å². The van der Waals surface area contributed by atoms with Gasteiger partial charge in [-0.3, -0.25) is 0 Å². The van der Waals surface area contributed by atoms with Crippen LogP contribution in [-0.2, 0) is 4.43 Å². The van der Waals surface area contributed by atoms with Crippen LogP contribution in [0.4, 0.5) is 8.78 Å². The molecule has 1 heterocycles. The molecule has 0 atom stereocenters. The van der Waals surface area contributed by atoms with Crippen LogP contribution in [0.5, 0.6) is 0 Å². The SMILES string of the molecule is CC(C)(C)[Si](C)(C)O[C@]1(C)C[C@H](n2cnc3cccc(C(F)F)c32)C1. The molecule has 0 unspecified atom stereocenters. The lowest BCUT2D eigenvalue weighted by Gasteiger charge is -2.52. The maximum atomic E-state index is 13.4. The predicted octanol–water partition coefficient (Wildman–Crippen LogP) is 6.09. The van der Waals surface area contributed by atoms with Crippen LogP contribution in [0.2, 0.25) is 18.1 Å². The molecule has 1 saturated carbocycles. The van der Waals surface area contributed by atoms with Gasteiger partial charge in [-0.15, -0.1) is 0 Å². The molecule has 138 valence electrons. The van der Waals surface area contributed by atoms with Crippen molar-refractivity contribution in [1.29, 1.82) is 0 Å². The first-order valence-electron chi connectivity index (χ1n) is 8.87. The van der Waals surface area contributed by atoms with E-state index in [4.69, 9.17) is 4.43 Å². The lowest BCUT2D eigenvalue weighted by Crippen LogP contribution is -2.54. The summed E-state index contributed by atoms with van der Waals surface area (Å²) in [5.74, 6) is 0. The van der Waals surface area contributed by atoms with Gasteiger partial charge in [0.25, 0.3) is 6.43 Å². The Hall–Kier alpha value is -1.27. The molecule has 0 bridgehead atoms. The highest BCUT2D eigenvalue weighted by Gasteiger charge is 2.49. The first kappa shape index (κ1) is 18.5. The molecule has 1 fully saturated rings. The van der Waals surface area contributed by atoms with Gasteiger partial charge in [-0.2, -0.15) is 0 Å². The second kappa shape index (κ2) is 5.88. The minimum Gasteiger partial charge on any atom is -0.411 e. The molecular formula is C19H28F2N2OSi. The second-order valence-corrected chi connectivity index (χ2v) is 13.8. The zero-order valence-electron chi connectivity index (χ0n) is 15.9. The lowest BCUT2D eigenvalue weighted by molar-refractivity contribution is -0.0378. The number of halogens is 2. The molecule has 0 saturated heterocycles. The summed E-state index contributed by atoms with van der Waals surface area (Å²) < 4.78 is 35.3. The van der Waals surface area contributed by atoms with E-state index in [0.29, 0.717) is 11.0 Å². The van der Waals surface area contributed by atoms with Crippen molar-refractivity contribution >= 4 is 19.4 Å². The van der Waals surface area contributed by atoms with Gasteiger partial charge in [-0.05, 0) is 44.0 Å². The van der Waals surface area contributed by atoms with Crippen molar-refractivity contribution < 1.29 is 13.2 Å². The summed E-state index contributed by atoms with van der Waals surface area (Å²) in [4.78, 5) is 4.32. The quantitative estimate of drug-likeness (QED) is 0.612. The number of benzene rings is 1. The van der Waals surface area contributed by atoms with Crippen molar-refractivity contribution in [2.75, 3.05) is 0 Å². The maximum absolute atomic E-state index is 13.4. The largest absolute Gasteiger partial charge is 0.411 e. The number of hydrogen-bond donors (Lipinski definition) is 0. The molecule has 3 rings (SSSR count). The summed E-state index contributed by atoms with van der Waals surface area (Å²) in [5, 5.41) is 0.158. The number of nitrogens with zero attached hydrogens (tertiary/aromatic N) is 2. The van der Waals surface area contributed by atoms with Gasteiger partial charge in [-0.1, -0.05) is 32.9 Å². The Morgan fingerprint density at radius 2 is 1.92 bits per heavy atom. The summed E-state index contributed by atoms with van der Waals surface area (Å²) in [5.41, 5.74) is 1.09. The third kappa shape index (κ3) is 3.26. The topological polar surface area (TPSA) is 27.1 Å². The molecule has 1 aromatic carbocycles. The highest BCUT2D eigenvalue weighted by Crippen LogP contribution is 2.50. The molecule has 0 N–H and O–H groups in total. The standard InChI is InChI=1S/C19H28F2N2OSi/c1-18(2,3)25(5,6)24-19(4)10-13(11-19)23-12-22-15-9-7-8-14(16(15)23)17(20)21/h7-9,12-13,17H,10-11H2,1-6H3/t13-,19+. The molecule has 0 radical (unpaired) electrons. The Balaban J connectivity index is 1.82. The summed E-state index contributed by atoms with van der Waals surface area (Å²) in [6.45, 7) is 13.4. The first-order valence-corrected chi connectivity index (χ1v) is 11.8. The predicted molar refractivity (Wildman–Crippen MR) is 99.6 cm³/mol. The van der Waals surface area contributed by atoms with E-state index in [2.05, 4.69) is 45.8 Å². The van der Waals surface area contributed by atoms with Gasteiger partial charge in [0.15, 0.2) is 8.32 Å². The van der Waals surface area contributed by atoms with Crippen LogP contribution in [0.25, 0.3) is 11.0 Å². The minimum absolute atomic E-state index is 0.0638. The number of aromatic nitrogens is 2. The number of imidazole rings is 1. The summed E-state index contributed by atoms with van der Waals surface area (Å²) >= 11 is 0. The summed E-state index contributed by atoms with van der Waals surface area (Å²) in [6.07, 6.45) is 0.882. The van der Waals surface area contributed by atoms with Crippen LogP contribution in [-0.4, -0.2) is 23.5 Å². The minimum atomic E-state index is -2.49. The van der Waals surface area contributed by atoms with Crippen LogP contribution in [0, 0.1) is 0 Å². The van der Waals surface area contributed by atoms with Crippen molar-refractivity contribution in [2.24, 2.45) is 0 Å². The van der Waals surface area contributed by atoms with Gasteiger partial charge in [0.2, 0.25) is 0 Å². The molecule has 1 aliphatic rings. The van der Waals surface area contributed by atoms with E-state index in [1.165, 1.54) is 6.07 Å². The highest BCUT2D eigenvalue weighted by molar-refractivity contribution is 6.74. The van der Waals surface area contributed by atoms with Crippen LogP contribution in [0.1, 0.15) is 58.6 Å². The van der Waals surface area contributed by atoms with Crippen LogP contribution < -0.4 is 0 Å². The van der Waals surface area contributed by atoms with E-state index in [-0.39, 0.29) is 22.2 Å². The van der Waals surface area contributed by atoms with E-state index in [1.807, 2.05) is 4.57 Å². The van der Waals surface area contributed by atoms with Gasteiger partial charge in [-0.25, -0.2) is 13.8 Å². The zero-order valence-corrected chi connectivity index (χ0v) is 16.9. The van der Waals surface area contributed by atoms with E-state index in [0.717, 1.165) is 12.8 Å². The molecule has 0 aliphatic heterocycles. The van der Waals surface area contributed by atoms with Crippen molar-refractivity contribution in [1.82, 2.24) is 9.55 Å². The van der Waals surface area contributed by atoms with Crippen LogP contribution in [0.3, 0.4) is 0 Å². The Bertz CT molecular complexity index is 773. The lowest BCUT2D eigenvalue weighted by atomic mass is 9.77. The number of para-hydroxylation sites is 1. The summed E-state index contributed by atoms with van der Waals surface area (Å²) in [7, 11) is -1.85.